The van der Waals surface area contributed by atoms with Gasteiger partial charge in [0.1, 0.15) is 5.82 Å². The van der Waals surface area contributed by atoms with Crippen LogP contribution in [0.3, 0.4) is 0 Å². The van der Waals surface area contributed by atoms with E-state index in [1.165, 1.54) is 12.1 Å². The van der Waals surface area contributed by atoms with Crippen LogP contribution in [0.4, 0.5) is 10.1 Å². The highest BCUT2D eigenvalue weighted by Crippen LogP contribution is 2.19. The van der Waals surface area contributed by atoms with Crippen LogP contribution in [0.25, 0.3) is 0 Å². The van der Waals surface area contributed by atoms with Crippen LogP contribution in [0.1, 0.15) is 20.3 Å². The summed E-state index contributed by atoms with van der Waals surface area (Å²) >= 11 is 0. The maximum Gasteiger partial charge on any atom is 0.194 e. The van der Waals surface area contributed by atoms with Gasteiger partial charge in [0.2, 0.25) is 0 Å². The van der Waals surface area contributed by atoms with E-state index in [0.717, 1.165) is 37.8 Å². The van der Waals surface area contributed by atoms with Crippen LogP contribution >= 0.6 is 24.0 Å². The minimum Gasteiger partial charge on any atom is -0.368 e. The first-order chi connectivity index (χ1) is 12.8. The number of hydrogen-bond donors (Lipinski definition) is 1. The Morgan fingerprint density at radius 3 is 2.39 bits per heavy atom. The maximum absolute atomic E-state index is 13.1. The Bertz CT molecular complexity index is 763. The van der Waals surface area contributed by atoms with Crippen molar-refractivity contribution in [3.8, 4) is 0 Å². The van der Waals surface area contributed by atoms with E-state index in [2.05, 4.69) is 29.0 Å². The SMILES string of the molecule is CC(C)NC(=NCC1CCS(=O)(=O)C1)N1CCN(c2ccc(F)cc2)CC1.I. The topological polar surface area (TPSA) is 65.0 Å². The van der Waals surface area contributed by atoms with Crippen LogP contribution in [0.15, 0.2) is 29.3 Å². The fourth-order valence-corrected chi connectivity index (χ4v) is 5.40. The molecule has 0 amide bonds. The van der Waals surface area contributed by atoms with Crippen molar-refractivity contribution in [3.63, 3.8) is 0 Å². The van der Waals surface area contributed by atoms with Crippen LogP contribution < -0.4 is 10.2 Å². The lowest BCUT2D eigenvalue weighted by Crippen LogP contribution is -2.53. The summed E-state index contributed by atoms with van der Waals surface area (Å²) in [6.45, 7) is 8.00. The number of sulfone groups is 1. The second kappa shape index (κ2) is 10.1. The number of piperazine rings is 1. The molecule has 1 atom stereocenters. The minimum atomic E-state index is -2.87. The summed E-state index contributed by atoms with van der Waals surface area (Å²) in [7, 11) is -2.87. The van der Waals surface area contributed by atoms with Gasteiger partial charge in [-0.2, -0.15) is 0 Å². The van der Waals surface area contributed by atoms with E-state index >= 15 is 0 Å². The Balaban J connectivity index is 0.00000280. The summed E-state index contributed by atoms with van der Waals surface area (Å²) in [5.41, 5.74) is 1.03. The molecule has 158 valence electrons. The Morgan fingerprint density at radius 2 is 1.86 bits per heavy atom. The normalized spacial score (nSPS) is 22.3. The van der Waals surface area contributed by atoms with Gasteiger partial charge in [-0.15, -0.1) is 24.0 Å². The van der Waals surface area contributed by atoms with Crippen molar-refractivity contribution < 1.29 is 12.8 Å². The van der Waals surface area contributed by atoms with E-state index in [1.807, 2.05) is 12.1 Å². The number of halogens is 2. The molecule has 1 unspecified atom stereocenters. The average molecular weight is 524 g/mol. The number of guanidine groups is 1. The van der Waals surface area contributed by atoms with Gasteiger partial charge in [-0.1, -0.05) is 0 Å². The van der Waals surface area contributed by atoms with Crippen molar-refractivity contribution in [2.45, 2.75) is 26.3 Å². The van der Waals surface area contributed by atoms with Gasteiger partial charge in [-0.25, -0.2) is 12.8 Å². The molecule has 28 heavy (non-hydrogen) atoms. The molecule has 1 aromatic rings. The molecule has 0 aromatic heterocycles. The third-order valence-corrected chi connectivity index (χ3v) is 6.85. The fourth-order valence-electron chi connectivity index (χ4n) is 3.56. The number of benzene rings is 1. The summed E-state index contributed by atoms with van der Waals surface area (Å²) in [5.74, 6) is 1.30. The average Bonchev–Trinajstić information content (AvgIpc) is 2.98. The second-order valence-corrected chi connectivity index (χ2v) is 9.91. The van der Waals surface area contributed by atoms with E-state index in [9.17, 15) is 12.8 Å². The molecule has 2 aliphatic rings. The number of anilines is 1. The smallest absolute Gasteiger partial charge is 0.194 e. The Morgan fingerprint density at radius 1 is 1.21 bits per heavy atom. The van der Waals surface area contributed by atoms with Crippen molar-refractivity contribution >= 4 is 45.5 Å². The lowest BCUT2D eigenvalue weighted by Gasteiger charge is -2.38. The largest absolute Gasteiger partial charge is 0.368 e. The van der Waals surface area contributed by atoms with E-state index in [-0.39, 0.29) is 53.3 Å². The highest BCUT2D eigenvalue weighted by atomic mass is 127. The van der Waals surface area contributed by atoms with Gasteiger partial charge in [0, 0.05) is 44.5 Å². The fraction of sp³-hybridized carbons (Fsp3) is 0.632. The van der Waals surface area contributed by atoms with Gasteiger partial charge in [-0.3, -0.25) is 4.99 Å². The standard InChI is InChI=1S/C19H29FN4O2S.HI/c1-15(2)22-19(21-13-16-7-12-27(25,26)14-16)24-10-8-23(9-11-24)18-5-3-17(20)4-6-18;/h3-6,15-16H,7-14H2,1-2H3,(H,21,22);1H. The first kappa shape index (κ1) is 23.2. The lowest BCUT2D eigenvalue weighted by molar-refractivity contribution is 0.367. The van der Waals surface area contributed by atoms with Crippen molar-refractivity contribution in [1.29, 1.82) is 0 Å². The minimum absolute atomic E-state index is 0. The summed E-state index contributed by atoms with van der Waals surface area (Å²) in [6, 6.07) is 6.86. The summed E-state index contributed by atoms with van der Waals surface area (Å²) in [5, 5.41) is 3.41. The quantitative estimate of drug-likeness (QED) is 0.373. The molecule has 1 N–H and O–H groups in total. The van der Waals surface area contributed by atoms with E-state index < -0.39 is 9.84 Å². The molecule has 2 aliphatic heterocycles. The van der Waals surface area contributed by atoms with Gasteiger partial charge >= 0.3 is 0 Å². The zero-order chi connectivity index (χ0) is 19.4. The van der Waals surface area contributed by atoms with Crippen molar-refractivity contribution in [3.05, 3.63) is 30.1 Å². The van der Waals surface area contributed by atoms with E-state index in [1.54, 1.807) is 0 Å². The molecule has 0 aliphatic carbocycles. The lowest BCUT2D eigenvalue weighted by atomic mass is 10.1. The molecule has 1 aromatic carbocycles. The molecular formula is C19H30FIN4O2S. The molecule has 2 saturated heterocycles. The van der Waals surface area contributed by atoms with Gasteiger partial charge in [0.25, 0.3) is 0 Å². The van der Waals surface area contributed by atoms with Crippen LogP contribution in [-0.2, 0) is 9.84 Å². The highest BCUT2D eigenvalue weighted by Gasteiger charge is 2.28. The van der Waals surface area contributed by atoms with Gasteiger partial charge < -0.3 is 15.1 Å². The molecule has 0 bridgehead atoms. The first-order valence-corrected chi connectivity index (χ1v) is 11.4. The van der Waals surface area contributed by atoms with E-state index in [4.69, 9.17) is 4.99 Å². The monoisotopic (exact) mass is 524 g/mol. The summed E-state index contributed by atoms with van der Waals surface area (Å²) in [4.78, 5) is 9.21. The summed E-state index contributed by atoms with van der Waals surface area (Å²) < 4.78 is 36.4. The zero-order valence-electron chi connectivity index (χ0n) is 16.5. The number of nitrogens with zero attached hydrogens (tertiary/aromatic N) is 3. The van der Waals surface area contributed by atoms with Crippen LogP contribution in [0.2, 0.25) is 0 Å². The number of hydrogen-bond acceptors (Lipinski definition) is 4. The number of aliphatic imine (C=N–C) groups is 1. The molecule has 0 radical (unpaired) electrons. The van der Waals surface area contributed by atoms with Crippen molar-refractivity contribution in [2.24, 2.45) is 10.9 Å². The molecule has 9 heteroatoms. The van der Waals surface area contributed by atoms with Crippen molar-refractivity contribution in [2.75, 3.05) is 49.1 Å². The number of nitrogens with one attached hydrogen (secondary N) is 1. The molecular weight excluding hydrogens is 494 g/mol. The van der Waals surface area contributed by atoms with Gasteiger partial charge in [0.15, 0.2) is 15.8 Å². The Kier molecular flexibility index (Phi) is 8.35. The molecule has 0 spiro atoms. The summed E-state index contributed by atoms with van der Waals surface area (Å²) in [6.07, 6.45) is 0.707. The third-order valence-electron chi connectivity index (χ3n) is 5.01. The predicted molar refractivity (Wildman–Crippen MR) is 123 cm³/mol. The molecule has 2 fully saturated rings. The second-order valence-electron chi connectivity index (χ2n) is 7.68. The van der Waals surface area contributed by atoms with Gasteiger partial charge in [0.05, 0.1) is 11.5 Å². The van der Waals surface area contributed by atoms with E-state index in [0.29, 0.717) is 13.0 Å². The first-order valence-electron chi connectivity index (χ1n) is 9.59. The highest BCUT2D eigenvalue weighted by molar-refractivity contribution is 14.0. The Hall–Kier alpha value is -1.10. The predicted octanol–water partition coefficient (Wildman–Crippen LogP) is 2.35. The zero-order valence-corrected chi connectivity index (χ0v) is 19.6. The van der Waals surface area contributed by atoms with Crippen LogP contribution in [0, 0.1) is 11.7 Å². The van der Waals surface area contributed by atoms with Crippen LogP contribution in [-0.4, -0.2) is 69.5 Å². The molecule has 0 saturated carbocycles. The third kappa shape index (κ3) is 6.47. The molecule has 6 nitrogen and oxygen atoms in total. The van der Waals surface area contributed by atoms with Gasteiger partial charge in [-0.05, 0) is 50.5 Å². The number of rotatable bonds is 4. The van der Waals surface area contributed by atoms with Crippen LogP contribution in [0.5, 0.6) is 0 Å². The molecule has 3 rings (SSSR count). The Labute approximate surface area is 184 Å². The van der Waals surface area contributed by atoms with Crippen molar-refractivity contribution in [1.82, 2.24) is 10.2 Å². The molecule has 2 heterocycles. The maximum atomic E-state index is 13.1.